The molecule has 0 radical (unpaired) electrons. The number of hydrogen-bond donors (Lipinski definition) is 2. The van der Waals surface area contributed by atoms with Gasteiger partial charge in [-0.2, -0.15) is 8.42 Å². The van der Waals surface area contributed by atoms with E-state index in [1.54, 1.807) is 19.1 Å². The maximum absolute atomic E-state index is 12.0. The van der Waals surface area contributed by atoms with Gasteiger partial charge in [0.2, 0.25) is 0 Å². The molecule has 0 aliphatic rings. The first-order valence-electron chi connectivity index (χ1n) is 5.98. The second-order valence-electron chi connectivity index (χ2n) is 4.00. The van der Waals surface area contributed by atoms with E-state index < -0.39 is 10.2 Å². The van der Waals surface area contributed by atoms with Crippen molar-refractivity contribution >= 4 is 34.0 Å². The highest BCUT2D eigenvalue weighted by atomic mass is 35.5. The number of nitrogens with two attached hydrogens (primary N) is 1. The number of benzene rings is 1. The van der Waals surface area contributed by atoms with Crippen LogP contribution in [-0.2, 0) is 16.6 Å². The zero-order chi connectivity index (χ0) is 13.9. The van der Waals surface area contributed by atoms with Crippen LogP contribution in [0.3, 0.4) is 0 Å². The summed E-state index contributed by atoms with van der Waals surface area (Å²) < 4.78 is 27.7. The predicted octanol–water partition coefficient (Wildman–Crippen LogP) is 1.85. The minimum absolute atomic E-state index is 0. The van der Waals surface area contributed by atoms with Gasteiger partial charge in [-0.25, -0.2) is 4.72 Å². The van der Waals surface area contributed by atoms with Gasteiger partial charge in [-0.3, -0.25) is 4.31 Å². The minimum Gasteiger partial charge on any atom is -0.399 e. The van der Waals surface area contributed by atoms with E-state index in [4.69, 9.17) is 5.73 Å². The van der Waals surface area contributed by atoms with Crippen LogP contribution in [0.1, 0.15) is 25.0 Å². The van der Waals surface area contributed by atoms with Crippen LogP contribution in [0.2, 0.25) is 0 Å². The summed E-state index contributed by atoms with van der Waals surface area (Å²) >= 11 is 0. The van der Waals surface area contributed by atoms with Gasteiger partial charge in [0, 0.05) is 19.3 Å². The van der Waals surface area contributed by atoms with Crippen molar-refractivity contribution in [2.75, 3.05) is 23.6 Å². The molecule has 0 saturated heterocycles. The number of rotatable bonds is 5. The second-order valence-corrected chi connectivity index (χ2v) is 5.80. The summed E-state index contributed by atoms with van der Waals surface area (Å²) in [6, 6.07) is 3.51. The Morgan fingerprint density at radius 2 is 1.89 bits per heavy atom. The van der Waals surface area contributed by atoms with Crippen LogP contribution >= 0.6 is 12.4 Å². The van der Waals surface area contributed by atoms with E-state index in [0.717, 1.165) is 17.5 Å². The maximum atomic E-state index is 12.0. The van der Waals surface area contributed by atoms with Crippen molar-refractivity contribution in [3.8, 4) is 0 Å². The van der Waals surface area contributed by atoms with E-state index in [-0.39, 0.29) is 12.4 Å². The Labute approximate surface area is 121 Å². The highest BCUT2D eigenvalue weighted by Crippen LogP contribution is 2.29. The summed E-state index contributed by atoms with van der Waals surface area (Å²) in [5.41, 5.74) is 9.16. The van der Waals surface area contributed by atoms with Gasteiger partial charge in [-0.1, -0.05) is 6.92 Å². The van der Waals surface area contributed by atoms with Crippen LogP contribution in [0.15, 0.2) is 12.1 Å². The molecule has 0 spiro atoms. The summed E-state index contributed by atoms with van der Waals surface area (Å²) in [6.07, 6.45) is 0.738. The molecule has 0 aromatic heterocycles. The molecule has 0 unspecified atom stereocenters. The Balaban J connectivity index is 0.00000324. The predicted molar refractivity (Wildman–Crippen MR) is 83.2 cm³/mol. The Kier molecular flexibility index (Phi) is 6.62. The van der Waals surface area contributed by atoms with Gasteiger partial charge < -0.3 is 5.73 Å². The molecule has 0 saturated carbocycles. The highest BCUT2D eigenvalue weighted by molar-refractivity contribution is 7.90. The molecule has 1 rings (SSSR count). The summed E-state index contributed by atoms with van der Waals surface area (Å²) in [5.74, 6) is 0. The standard InChI is InChI=1S/C12H21N3O2S.ClH/c1-5-10-9(3)11(13)7-8-12(10)15(6-2)18(16,17)14-4;/h7-8,14H,5-6,13H2,1-4H3;1H. The van der Waals surface area contributed by atoms with Crippen molar-refractivity contribution in [3.63, 3.8) is 0 Å². The third kappa shape index (κ3) is 3.52. The average molecular weight is 308 g/mol. The van der Waals surface area contributed by atoms with Crippen LogP contribution in [0.4, 0.5) is 11.4 Å². The van der Waals surface area contributed by atoms with Crippen molar-refractivity contribution in [1.29, 1.82) is 0 Å². The van der Waals surface area contributed by atoms with E-state index >= 15 is 0 Å². The van der Waals surface area contributed by atoms with Gasteiger partial charge in [-0.15, -0.1) is 12.4 Å². The lowest BCUT2D eigenvalue weighted by atomic mass is 10.0. The van der Waals surface area contributed by atoms with Gasteiger partial charge >= 0.3 is 10.2 Å². The minimum atomic E-state index is -3.48. The molecule has 0 atom stereocenters. The highest BCUT2D eigenvalue weighted by Gasteiger charge is 2.22. The zero-order valence-corrected chi connectivity index (χ0v) is 13.4. The fourth-order valence-electron chi connectivity index (χ4n) is 2.02. The third-order valence-electron chi connectivity index (χ3n) is 3.07. The molecule has 7 heteroatoms. The first-order valence-corrected chi connectivity index (χ1v) is 7.42. The normalized spacial score (nSPS) is 10.9. The third-order valence-corrected chi connectivity index (χ3v) is 4.62. The molecule has 1 aromatic carbocycles. The molecule has 1 aromatic rings. The molecule has 0 aliphatic carbocycles. The molecule has 3 N–H and O–H groups in total. The Hall–Kier alpha value is -0.980. The van der Waals surface area contributed by atoms with E-state index in [1.807, 2.05) is 13.8 Å². The number of anilines is 2. The number of nitrogens with zero attached hydrogens (tertiary/aromatic N) is 1. The Morgan fingerprint density at radius 1 is 1.32 bits per heavy atom. The summed E-state index contributed by atoms with van der Waals surface area (Å²) in [7, 11) is -2.07. The monoisotopic (exact) mass is 307 g/mol. The fraction of sp³-hybridized carbons (Fsp3) is 0.500. The van der Waals surface area contributed by atoms with Crippen molar-refractivity contribution in [2.45, 2.75) is 27.2 Å². The van der Waals surface area contributed by atoms with Crippen LogP contribution in [0.5, 0.6) is 0 Å². The molecular weight excluding hydrogens is 286 g/mol. The average Bonchev–Trinajstić information content (AvgIpc) is 2.34. The van der Waals surface area contributed by atoms with Gasteiger partial charge in [0.15, 0.2) is 0 Å². The lowest BCUT2D eigenvalue weighted by Gasteiger charge is -2.25. The molecule has 0 aliphatic heterocycles. The SMILES string of the molecule is CCc1c(N(CC)S(=O)(=O)NC)ccc(N)c1C.Cl. The Morgan fingerprint density at radius 3 is 2.32 bits per heavy atom. The molecular formula is C12H22ClN3O2S. The molecule has 19 heavy (non-hydrogen) atoms. The molecule has 0 heterocycles. The summed E-state index contributed by atoms with van der Waals surface area (Å²) in [5, 5.41) is 0. The van der Waals surface area contributed by atoms with Crippen molar-refractivity contribution < 1.29 is 8.42 Å². The van der Waals surface area contributed by atoms with E-state index in [9.17, 15) is 8.42 Å². The number of hydrogen-bond acceptors (Lipinski definition) is 3. The molecule has 110 valence electrons. The largest absolute Gasteiger partial charge is 0.399 e. The van der Waals surface area contributed by atoms with Gasteiger partial charge in [0.1, 0.15) is 0 Å². The molecule has 0 fully saturated rings. The Bertz CT molecular complexity index is 532. The van der Waals surface area contributed by atoms with Crippen molar-refractivity contribution in [3.05, 3.63) is 23.3 Å². The van der Waals surface area contributed by atoms with Gasteiger partial charge in [-0.05, 0) is 43.5 Å². The number of halogens is 1. The topological polar surface area (TPSA) is 75.4 Å². The van der Waals surface area contributed by atoms with Crippen LogP contribution in [0.25, 0.3) is 0 Å². The maximum Gasteiger partial charge on any atom is 0.301 e. The van der Waals surface area contributed by atoms with Crippen LogP contribution in [-0.4, -0.2) is 22.0 Å². The smallest absolute Gasteiger partial charge is 0.301 e. The van der Waals surface area contributed by atoms with Gasteiger partial charge in [0.05, 0.1) is 5.69 Å². The second kappa shape index (κ2) is 6.98. The molecule has 0 amide bonds. The van der Waals surface area contributed by atoms with Gasteiger partial charge in [0.25, 0.3) is 0 Å². The first-order chi connectivity index (χ1) is 8.38. The summed E-state index contributed by atoms with van der Waals surface area (Å²) in [4.78, 5) is 0. The number of nitrogens with one attached hydrogen (secondary N) is 1. The fourth-order valence-corrected chi connectivity index (χ4v) is 3.01. The number of nitrogen functional groups attached to an aromatic ring is 1. The quantitative estimate of drug-likeness (QED) is 0.815. The zero-order valence-electron chi connectivity index (χ0n) is 11.7. The van der Waals surface area contributed by atoms with E-state index in [1.165, 1.54) is 11.4 Å². The van der Waals surface area contributed by atoms with Crippen LogP contribution < -0.4 is 14.8 Å². The molecule has 0 bridgehead atoms. The van der Waals surface area contributed by atoms with Crippen molar-refractivity contribution in [2.24, 2.45) is 0 Å². The van der Waals surface area contributed by atoms with E-state index in [2.05, 4.69) is 4.72 Å². The lowest BCUT2D eigenvalue weighted by Crippen LogP contribution is -2.39. The summed E-state index contributed by atoms with van der Waals surface area (Å²) in [6.45, 7) is 6.09. The van der Waals surface area contributed by atoms with Crippen LogP contribution in [0, 0.1) is 6.92 Å². The first kappa shape index (κ1) is 18.0. The van der Waals surface area contributed by atoms with Crippen molar-refractivity contribution in [1.82, 2.24) is 4.72 Å². The molecule has 5 nitrogen and oxygen atoms in total. The lowest BCUT2D eigenvalue weighted by molar-refractivity contribution is 0.583. The van der Waals surface area contributed by atoms with E-state index in [0.29, 0.717) is 17.9 Å².